The van der Waals surface area contributed by atoms with Gasteiger partial charge in [-0.25, -0.2) is 0 Å². The zero-order chi connectivity index (χ0) is 7.40. The van der Waals surface area contributed by atoms with E-state index >= 15 is 0 Å². The number of carbonyl (C=O) groups is 1. The quantitative estimate of drug-likeness (QED) is 0.592. The van der Waals surface area contributed by atoms with E-state index in [9.17, 15) is 4.79 Å². The number of amides is 1. The molecule has 10 heavy (non-hydrogen) atoms. The van der Waals surface area contributed by atoms with E-state index in [1.807, 2.05) is 5.41 Å². The molecule has 0 saturated heterocycles. The second-order valence-electron chi connectivity index (χ2n) is 1.88. The minimum absolute atomic E-state index is 0.106. The van der Waals surface area contributed by atoms with Gasteiger partial charge < -0.3 is 4.74 Å². The molecule has 3 nitrogen and oxygen atoms in total. The topological polar surface area (TPSA) is 29.5 Å². The third kappa shape index (κ3) is 1.75. The Morgan fingerprint density at radius 1 is 1.90 bits per heavy atom. The Bertz CT molecular complexity index is 158. The highest BCUT2D eigenvalue weighted by Crippen LogP contribution is 2.11. The van der Waals surface area contributed by atoms with Crippen LogP contribution in [0.1, 0.15) is 0 Å². The highest BCUT2D eigenvalue weighted by atomic mass is 32.2. The van der Waals surface area contributed by atoms with Crippen LogP contribution >= 0.6 is 11.8 Å². The first-order chi connectivity index (χ1) is 4.84. The van der Waals surface area contributed by atoms with E-state index in [0.717, 1.165) is 0 Å². The smallest absolute Gasteiger partial charge is 0.238 e. The van der Waals surface area contributed by atoms with Crippen molar-refractivity contribution in [1.29, 1.82) is 0 Å². The van der Waals surface area contributed by atoms with E-state index in [-0.39, 0.29) is 5.91 Å². The van der Waals surface area contributed by atoms with Gasteiger partial charge in [-0.1, -0.05) is 0 Å². The molecule has 0 unspecified atom stereocenters. The molecule has 0 N–H and O–H groups in total. The van der Waals surface area contributed by atoms with Crippen molar-refractivity contribution in [1.82, 2.24) is 4.90 Å². The molecule has 0 aliphatic carbocycles. The lowest BCUT2D eigenvalue weighted by molar-refractivity contribution is -0.129. The number of ether oxygens (including phenoxy) is 1. The predicted molar refractivity (Wildman–Crippen MR) is 40.3 cm³/mol. The van der Waals surface area contributed by atoms with Gasteiger partial charge in [-0.05, 0) is 5.41 Å². The maximum absolute atomic E-state index is 11.0. The van der Waals surface area contributed by atoms with Gasteiger partial charge >= 0.3 is 0 Å². The lowest BCUT2D eigenvalue weighted by Crippen LogP contribution is -2.30. The summed E-state index contributed by atoms with van der Waals surface area (Å²) in [6.07, 6.45) is 1.74. The molecule has 1 aliphatic rings. The van der Waals surface area contributed by atoms with Gasteiger partial charge in [-0.15, -0.1) is 11.8 Å². The SMILES string of the molecule is COCN1C=CSCC1=O. The average Bonchev–Trinajstić information content (AvgIpc) is 1.94. The third-order valence-corrected chi connectivity index (χ3v) is 1.86. The molecule has 1 heterocycles. The highest BCUT2D eigenvalue weighted by molar-refractivity contribution is 8.02. The van der Waals surface area contributed by atoms with E-state index in [0.29, 0.717) is 12.5 Å². The van der Waals surface area contributed by atoms with Crippen LogP contribution in [-0.2, 0) is 9.53 Å². The molecule has 1 rings (SSSR count). The standard InChI is InChI=1S/C6H9NO2S/c1-9-5-7-2-3-10-4-6(7)8/h2-3H,4-5H2,1H3. The van der Waals surface area contributed by atoms with Crippen LogP contribution in [0, 0.1) is 0 Å². The van der Waals surface area contributed by atoms with Crippen LogP contribution in [0.3, 0.4) is 0 Å². The molecule has 56 valence electrons. The second-order valence-corrected chi connectivity index (χ2v) is 2.77. The number of methoxy groups -OCH3 is 1. The summed E-state index contributed by atoms with van der Waals surface area (Å²) in [6.45, 7) is 0.357. The summed E-state index contributed by atoms with van der Waals surface area (Å²) in [5, 5.41) is 1.89. The number of hydrogen-bond donors (Lipinski definition) is 0. The molecule has 1 amide bonds. The molecular weight excluding hydrogens is 150 g/mol. The Hall–Kier alpha value is -0.480. The lowest BCUT2D eigenvalue weighted by Gasteiger charge is -2.19. The number of hydrogen-bond acceptors (Lipinski definition) is 3. The van der Waals surface area contributed by atoms with Crippen molar-refractivity contribution < 1.29 is 9.53 Å². The van der Waals surface area contributed by atoms with E-state index in [2.05, 4.69) is 0 Å². The maximum Gasteiger partial charge on any atom is 0.238 e. The van der Waals surface area contributed by atoms with Crippen LogP contribution in [0.15, 0.2) is 11.6 Å². The molecule has 0 aromatic heterocycles. The van der Waals surface area contributed by atoms with Gasteiger partial charge in [0, 0.05) is 13.3 Å². The minimum Gasteiger partial charge on any atom is -0.364 e. The van der Waals surface area contributed by atoms with Crippen LogP contribution < -0.4 is 0 Å². The van der Waals surface area contributed by atoms with Crippen LogP contribution in [0.2, 0.25) is 0 Å². The van der Waals surface area contributed by atoms with Gasteiger partial charge in [0.15, 0.2) is 0 Å². The first-order valence-electron chi connectivity index (χ1n) is 2.91. The fourth-order valence-corrected chi connectivity index (χ4v) is 1.29. The Kier molecular flexibility index (Phi) is 2.77. The zero-order valence-electron chi connectivity index (χ0n) is 5.74. The van der Waals surface area contributed by atoms with E-state index in [1.165, 1.54) is 11.8 Å². The van der Waals surface area contributed by atoms with Crippen molar-refractivity contribution in [2.75, 3.05) is 19.6 Å². The Morgan fingerprint density at radius 3 is 3.30 bits per heavy atom. The van der Waals surface area contributed by atoms with Crippen LogP contribution in [0.25, 0.3) is 0 Å². The van der Waals surface area contributed by atoms with Gasteiger partial charge in [0.25, 0.3) is 0 Å². The molecule has 0 bridgehead atoms. The number of rotatable bonds is 2. The largest absolute Gasteiger partial charge is 0.364 e. The number of nitrogens with zero attached hydrogens (tertiary/aromatic N) is 1. The Balaban J connectivity index is 2.47. The van der Waals surface area contributed by atoms with E-state index < -0.39 is 0 Å². The first-order valence-corrected chi connectivity index (χ1v) is 3.96. The van der Waals surface area contributed by atoms with Crippen LogP contribution in [0.4, 0.5) is 0 Å². The number of thioether (sulfide) groups is 1. The summed E-state index contributed by atoms with van der Waals surface area (Å²) >= 11 is 1.51. The summed E-state index contributed by atoms with van der Waals surface area (Å²) < 4.78 is 4.80. The van der Waals surface area contributed by atoms with Gasteiger partial charge in [0.2, 0.25) is 5.91 Å². The number of carbonyl (C=O) groups excluding carboxylic acids is 1. The summed E-state index contributed by atoms with van der Waals surface area (Å²) in [7, 11) is 1.57. The lowest BCUT2D eigenvalue weighted by atomic mass is 10.6. The summed E-state index contributed by atoms with van der Waals surface area (Å²) in [5.74, 6) is 0.634. The maximum atomic E-state index is 11.0. The normalized spacial score (nSPS) is 18.1. The van der Waals surface area contributed by atoms with Crippen molar-refractivity contribution in [3.63, 3.8) is 0 Å². The molecule has 0 saturated carbocycles. The highest BCUT2D eigenvalue weighted by Gasteiger charge is 2.12. The predicted octanol–water partition coefficient (Wildman–Crippen LogP) is 0.637. The van der Waals surface area contributed by atoms with E-state index in [1.54, 1.807) is 18.2 Å². The fraction of sp³-hybridized carbons (Fsp3) is 0.500. The van der Waals surface area contributed by atoms with Gasteiger partial charge in [0.05, 0.1) is 5.75 Å². The van der Waals surface area contributed by atoms with Gasteiger partial charge in [0.1, 0.15) is 6.73 Å². The molecule has 4 heteroatoms. The molecule has 0 fully saturated rings. The fourth-order valence-electron chi connectivity index (χ4n) is 0.656. The van der Waals surface area contributed by atoms with Gasteiger partial charge in [-0.2, -0.15) is 0 Å². The molecular formula is C6H9NO2S. The minimum atomic E-state index is 0.106. The molecule has 0 radical (unpaired) electrons. The average molecular weight is 159 g/mol. The van der Waals surface area contributed by atoms with E-state index in [4.69, 9.17) is 4.74 Å². The van der Waals surface area contributed by atoms with Crippen molar-refractivity contribution in [2.24, 2.45) is 0 Å². The van der Waals surface area contributed by atoms with Crippen LogP contribution in [-0.4, -0.2) is 30.4 Å². The summed E-state index contributed by atoms with van der Waals surface area (Å²) in [6, 6.07) is 0. The van der Waals surface area contributed by atoms with Crippen molar-refractivity contribution >= 4 is 17.7 Å². The second kappa shape index (κ2) is 3.63. The molecule has 1 aliphatic heterocycles. The van der Waals surface area contributed by atoms with Gasteiger partial charge in [-0.3, -0.25) is 9.69 Å². The van der Waals surface area contributed by atoms with Crippen LogP contribution in [0.5, 0.6) is 0 Å². The molecule has 0 atom stereocenters. The summed E-state index contributed by atoms with van der Waals surface area (Å²) in [5.41, 5.74) is 0. The van der Waals surface area contributed by atoms with Crippen molar-refractivity contribution in [2.45, 2.75) is 0 Å². The monoisotopic (exact) mass is 159 g/mol. The molecule has 0 aromatic rings. The van der Waals surface area contributed by atoms with Crippen molar-refractivity contribution in [3.8, 4) is 0 Å². The first kappa shape index (κ1) is 7.63. The zero-order valence-corrected chi connectivity index (χ0v) is 6.56. The summed E-state index contributed by atoms with van der Waals surface area (Å²) in [4.78, 5) is 12.5. The molecule has 0 spiro atoms. The van der Waals surface area contributed by atoms with Crippen molar-refractivity contribution in [3.05, 3.63) is 11.6 Å². The Labute approximate surface area is 64.0 Å². The molecule has 0 aromatic carbocycles. The third-order valence-electron chi connectivity index (χ3n) is 1.13. The Morgan fingerprint density at radius 2 is 2.70 bits per heavy atom.